The molecule has 0 bridgehead atoms. The monoisotopic (exact) mass is 184 g/mol. The maximum absolute atomic E-state index is 10.3. The number of carboxylic acids is 2. The van der Waals surface area contributed by atoms with Crippen LogP contribution in [0.2, 0.25) is 0 Å². The fourth-order valence-electron chi connectivity index (χ4n) is 0.757. The van der Waals surface area contributed by atoms with Crippen LogP contribution >= 0.6 is 11.8 Å². The summed E-state index contributed by atoms with van der Waals surface area (Å²) < 4.78 is 0. The van der Waals surface area contributed by atoms with Gasteiger partial charge in [-0.1, -0.05) is 0 Å². The van der Waals surface area contributed by atoms with Crippen LogP contribution in [0.1, 0.15) is 0 Å². The van der Waals surface area contributed by atoms with Gasteiger partial charge >= 0.3 is 11.9 Å². The molecule has 1 aliphatic heterocycles. The van der Waals surface area contributed by atoms with Gasteiger partial charge in [-0.15, -0.1) is 11.8 Å². The molecule has 0 amide bonds. The fraction of sp³-hybridized carbons (Fsp3) is 0.600. The van der Waals surface area contributed by atoms with Crippen molar-refractivity contribution in [2.75, 3.05) is 5.75 Å². The molecule has 1 radical (unpaired) electrons. The Balaban J connectivity index is 0.00000121. The van der Waals surface area contributed by atoms with Gasteiger partial charge in [-0.3, -0.25) is 10.1 Å². The third-order valence-electron chi connectivity index (χ3n) is 1.30. The van der Waals surface area contributed by atoms with Crippen LogP contribution in [0.25, 0.3) is 0 Å². The molecule has 1 saturated heterocycles. The molecule has 12 heavy (non-hydrogen) atoms. The molecule has 2 unspecified atom stereocenters. The summed E-state index contributed by atoms with van der Waals surface area (Å²) in [5.41, 5.74) is 0. The molecule has 0 spiro atoms. The standard InChI is InChI=1S/C5H7NO4S.Li/c7-4(8)2-1-11-3(6-2)5(9)10;/h2-3,6H,1H2,(H,7,8)(H,9,10);. The average Bonchev–Trinajstić information content (AvgIpc) is 2.33. The molecule has 0 aliphatic carbocycles. The molecule has 0 saturated carbocycles. The molecule has 1 heterocycles. The van der Waals surface area contributed by atoms with Crippen LogP contribution in [0.3, 0.4) is 0 Å². The third-order valence-corrected chi connectivity index (χ3v) is 2.50. The second kappa shape index (κ2) is 4.77. The van der Waals surface area contributed by atoms with Crippen molar-refractivity contribution < 1.29 is 19.8 Å². The first kappa shape index (κ1) is 11.8. The summed E-state index contributed by atoms with van der Waals surface area (Å²) in [7, 11) is 0. The number of nitrogens with one attached hydrogen (secondary N) is 1. The minimum Gasteiger partial charge on any atom is -0.480 e. The van der Waals surface area contributed by atoms with Crippen molar-refractivity contribution >= 4 is 42.6 Å². The number of rotatable bonds is 2. The van der Waals surface area contributed by atoms with E-state index < -0.39 is 23.4 Å². The Bertz CT molecular complexity index is 180. The van der Waals surface area contributed by atoms with Crippen LogP contribution < -0.4 is 5.32 Å². The Labute approximate surface area is 85.1 Å². The zero-order valence-corrected chi connectivity index (χ0v) is 7.30. The van der Waals surface area contributed by atoms with Crippen molar-refractivity contribution in [3.8, 4) is 0 Å². The van der Waals surface area contributed by atoms with Gasteiger partial charge < -0.3 is 10.2 Å². The van der Waals surface area contributed by atoms with Crippen molar-refractivity contribution in [1.82, 2.24) is 5.32 Å². The normalized spacial score (nSPS) is 27.7. The maximum Gasteiger partial charge on any atom is 0.331 e. The molecule has 7 heteroatoms. The third kappa shape index (κ3) is 2.72. The SMILES string of the molecule is O=C(O)C1CSC(C(=O)O)N1.[Li]. The number of hydrogen-bond acceptors (Lipinski definition) is 4. The minimum absolute atomic E-state index is 0. The van der Waals surface area contributed by atoms with E-state index >= 15 is 0 Å². The van der Waals surface area contributed by atoms with Crippen molar-refractivity contribution in [3.05, 3.63) is 0 Å². The van der Waals surface area contributed by atoms with Gasteiger partial charge in [-0.2, -0.15) is 0 Å². The summed E-state index contributed by atoms with van der Waals surface area (Å²) in [6, 6.07) is -0.721. The summed E-state index contributed by atoms with van der Waals surface area (Å²) in [5.74, 6) is -1.70. The van der Waals surface area contributed by atoms with Crippen molar-refractivity contribution in [2.45, 2.75) is 11.4 Å². The second-order valence-electron chi connectivity index (χ2n) is 2.11. The van der Waals surface area contributed by atoms with Gasteiger partial charge in [0.2, 0.25) is 0 Å². The summed E-state index contributed by atoms with van der Waals surface area (Å²) in [4.78, 5) is 20.6. The summed E-state index contributed by atoms with van der Waals surface area (Å²) in [5, 5.41) is 18.6. The van der Waals surface area contributed by atoms with E-state index in [1.54, 1.807) is 0 Å². The molecule has 63 valence electrons. The molecule has 5 nitrogen and oxygen atoms in total. The number of carboxylic acid groups (broad SMARTS) is 2. The topological polar surface area (TPSA) is 86.6 Å². The van der Waals surface area contributed by atoms with Crippen LogP contribution in [0.15, 0.2) is 0 Å². The smallest absolute Gasteiger partial charge is 0.331 e. The number of thioether (sulfide) groups is 1. The second-order valence-corrected chi connectivity index (χ2v) is 3.25. The zero-order valence-electron chi connectivity index (χ0n) is 6.48. The van der Waals surface area contributed by atoms with Crippen LogP contribution in [0, 0.1) is 0 Å². The predicted octanol–water partition coefficient (Wildman–Crippen LogP) is -1.19. The fourth-order valence-corrected chi connectivity index (χ4v) is 1.78. The van der Waals surface area contributed by atoms with E-state index in [1.807, 2.05) is 0 Å². The van der Waals surface area contributed by atoms with Crippen LogP contribution in [-0.2, 0) is 9.59 Å². The first-order valence-electron chi connectivity index (χ1n) is 2.94. The molecule has 0 aromatic rings. The number of carbonyl (C=O) groups is 2. The summed E-state index contributed by atoms with van der Waals surface area (Å²) in [6.45, 7) is 0. The molecular formula is C5H7LiNO4S. The number of hydrogen-bond donors (Lipinski definition) is 3. The molecule has 0 aromatic heterocycles. The zero-order chi connectivity index (χ0) is 8.43. The van der Waals surface area contributed by atoms with Crippen LogP contribution in [-0.4, -0.2) is 58.2 Å². The van der Waals surface area contributed by atoms with Gasteiger partial charge in [0.15, 0.2) is 5.37 Å². The largest absolute Gasteiger partial charge is 0.480 e. The Morgan fingerprint density at radius 1 is 1.33 bits per heavy atom. The predicted molar refractivity (Wildman–Crippen MR) is 44.2 cm³/mol. The first-order chi connectivity index (χ1) is 5.11. The van der Waals surface area contributed by atoms with E-state index in [4.69, 9.17) is 10.2 Å². The molecule has 1 fully saturated rings. The van der Waals surface area contributed by atoms with Gasteiger partial charge in [0.05, 0.1) is 0 Å². The van der Waals surface area contributed by atoms with E-state index in [2.05, 4.69) is 5.32 Å². The van der Waals surface area contributed by atoms with Gasteiger partial charge in [-0.25, -0.2) is 4.79 Å². The first-order valence-corrected chi connectivity index (χ1v) is 3.99. The van der Waals surface area contributed by atoms with Crippen LogP contribution in [0.4, 0.5) is 0 Å². The Kier molecular flexibility index (Phi) is 4.71. The molecule has 0 aromatic carbocycles. The van der Waals surface area contributed by atoms with Gasteiger partial charge in [0.1, 0.15) is 6.04 Å². The van der Waals surface area contributed by atoms with Crippen molar-refractivity contribution in [1.29, 1.82) is 0 Å². The Morgan fingerprint density at radius 2 is 1.92 bits per heavy atom. The number of aliphatic carboxylic acids is 2. The molecular weight excluding hydrogens is 177 g/mol. The Morgan fingerprint density at radius 3 is 2.17 bits per heavy atom. The molecule has 2 atom stereocenters. The minimum atomic E-state index is -1.02. The molecule has 3 N–H and O–H groups in total. The van der Waals surface area contributed by atoms with E-state index in [1.165, 1.54) is 0 Å². The van der Waals surface area contributed by atoms with E-state index in [-0.39, 0.29) is 18.9 Å². The van der Waals surface area contributed by atoms with Crippen molar-refractivity contribution in [3.63, 3.8) is 0 Å². The quantitative estimate of drug-likeness (QED) is 0.467. The van der Waals surface area contributed by atoms with Crippen LogP contribution in [0.5, 0.6) is 0 Å². The van der Waals surface area contributed by atoms with E-state index in [0.29, 0.717) is 5.75 Å². The molecule has 1 rings (SSSR count). The van der Waals surface area contributed by atoms with Gasteiger partial charge in [0.25, 0.3) is 0 Å². The Hall–Kier alpha value is -0.153. The van der Waals surface area contributed by atoms with E-state index in [0.717, 1.165) is 11.8 Å². The van der Waals surface area contributed by atoms with Crippen molar-refractivity contribution in [2.24, 2.45) is 0 Å². The van der Waals surface area contributed by atoms with Gasteiger partial charge in [-0.05, 0) is 0 Å². The van der Waals surface area contributed by atoms with Gasteiger partial charge in [0, 0.05) is 24.6 Å². The summed E-state index contributed by atoms with van der Waals surface area (Å²) >= 11 is 1.10. The van der Waals surface area contributed by atoms with E-state index in [9.17, 15) is 9.59 Å². The summed E-state index contributed by atoms with van der Waals surface area (Å²) in [6.07, 6.45) is 0. The average molecular weight is 184 g/mol. The molecule has 1 aliphatic rings. The maximum atomic E-state index is 10.3.